The summed E-state index contributed by atoms with van der Waals surface area (Å²) in [6.45, 7) is 2.71. The van der Waals surface area contributed by atoms with E-state index >= 15 is 0 Å². The molecule has 0 aromatic carbocycles. The summed E-state index contributed by atoms with van der Waals surface area (Å²) in [7, 11) is 0. The Bertz CT molecular complexity index is 976. The molecule has 5 atom stereocenters. The van der Waals surface area contributed by atoms with Crippen LogP contribution in [0, 0.1) is 11.8 Å². The Labute approximate surface area is 206 Å². The lowest BCUT2D eigenvalue weighted by atomic mass is 9.80. The fourth-order valence-electron chi connectivity index (χ4n) is 5.16. The van der Waals surface area contributed by atoms with Crippen LogP contribution in [0.3, 0.4) is 0 Å². The molecule has 35 heavy (non-hydrogen) atoms. The molecule has 0 saturated carbocycles. The van der Waals surface area contributed by atoms with E-state index in [2.05, 4.69) is 24.4 Å². The first-order valence-electron chi connectivity index (χ1n) is 12.8. The van der Waals surface area contributed by atoms with E-state index in [4.69, 9.17) is 9.47 Å². The Morgan fingerprint density at radius 1 is 1.29 bits per heavy atom. The molecule has 3 N–H and O–H groups in total. The molecule has 1 saturated heterocycles. The Balaban J connectivity index is 1.45. The van der Waals surface area contributed by atoms with E-state index in [0.717, 1.165) is 36.2 Å². The normalized spacial score (nSPS) is 29.2. The summed E-state index contributed by atoms with van der Waals surface area (Å²) < 4.78 is 25.1. The molecule has 190 valence electrons. The highest BCUT2D eigenvalue weighted by molar-refractivity contribution is 5.70. The number of carbonyl (C=O) groups excluding carboxylic acids is 1. The number of amides is 1. The summed E-state index contributed by atoms with van der Waals surface area (Å²) in [4.78, 5) is 12.2. The van der Waals surface area contributed by atoms with Crippen LogP contribution in [0.15, 0.2) is 71.0 Å². The zero-order valence-electron chi connectivity index (χ0n) is 20.3. The molecule has 0 aromatic heterocycles. The lowest BCUT2D eigenvalue weighted by Gasteiger charge is -2.32. The van der Waals surface area contributed by atoms with Gasteiger partial charge in [-0.15, -0.1) is 0 Å². The van der Waals surface area contributed by atoms with Gasteiger partial charge >= 0.3 is 6.09 Å². The molecule has 7 heteroatoms. The minimum absolute atomic E-state index is 0.0770. The summed E-state index contributed by atoms with van der Waals surface area (Å²) >= 11 is 0. The Morgan fingerprint density at radius 3 is 2.89 bits per heavy atom. The minimum atomic E-state index is -0.688. The highest BCUT2D eigenvalue weighted by atomic mass is 19.1. The number of hydrogen-bond acceptors (Lipinski definition) is 5. The maximum atomic E-state index is 13.3. The van der Waals surface area contributed by atoms with Gasteiger partial charge in [-0.1, -0.05) is 31.6 Å². The number of carbonyl (C=O) groups is 1. The average Bonchev–Trinajstić information content (AvgIpc) is 3.23. The van der Waals surface area contributed by atoms with Crippen LogP contribution in [-0.2, 0) is 9.47 Å². The summed E-state index contributed by atoms with van der Waals surface area (Å²) in [6.07, 6.45) is 16.5. The van der Waals surface area contributed by atoms with Crippen molar-refractivity contribution in [3.05, 3.63) is 71.0 Å². The zero-order valence-corrected chi connectivity index (χ0v) is 20.3. The van der Waals surface area contributed by atoms with Gasteiger partial charge in [-0.2, -0.15) is 0 Å². The molecule has 1 amide bonds. The monoisotopic (exact) mass is 485 g/mol. The number of aliphatic hydroxyl groups excluding tert-OH is 2. The van der Waals surface area contributed by atoms with Gasteiger partial charge in [0.15, 0.2) is 0 Å². The van der Waals surface area contributed by atoms with Crippen LogP contribution >= 0.6 is 0 Å². The third-order valence-corrected chi connectivity index (χ3v) is 7.19. The fraction of sp³-hybridized carbons (Fsp3) is 0.536. The highest BCUT2D eigenvalue weighted by Crippen LogP contribution is 2.37. The van der Waals surface area contributed by atoms with Crippen molar-refractivity contribution < 1.29 is 28.9 Å². The Kier molecular flexibility index (Phi) is 8.50. The Hall–Kier alpha value is -2.80. The van der Waals surface area contributed by atoms with Gasteiger partial charge in [-0.05, 0) is 74.0 Å². The van der Waals surface area contributed by atoms with Crippen molar-refractivity contribution in [1.82, 2.24) is 5.32 Å². The molecular formula is C28H36FNO5. The molecular weight excluding hydrogens is 449 g/mol. The van der Waals surface area contributed by atoms with E-state index in [1.54, 1.807) is 12.2 Å². The van der Waals surface area contributed by atoms with Gasteiger partial charge in [0.05, 0.1) is 18.8 Å². The second-order valence-electron chi connectivity index (χ2n) is 9.69. The third kappa shape index (κ3) is 6.45. The van der Waals surface area contributed by atoms with Crippen LogP contribution in [0.2, 0.25) is 0 Å². The average molecular weight is 486 g/mol. The van der Waals surface area contributed by atoms with Crippen LogP contribution < -0.4 is 5.32 Å². The van der Waals surface area contributed by atoms with Gasteiger partial charge in [0.25, 0.3) is 0 Å². The van der Waals surface area contributed by atoms with Gasteiger partial charge in [0.2, 0.25) is 0 Å². The molecule has 1 fully saturated rings. The molecule has 3 aliphatic carbocycles. The van der Waals surface area contributed by atoms with Gasteiger partial charge in [-0.25, -0.2) is 9.18 Å². The summed E-state index contributed by atoms with van der Waals surface area (Å²) in [5, 5.41) is 23.5. The van der Waals surface area contributed by atoms with Gasteiger partial charge < -0.3 is 25.0 Å². The molecule has 1 heterocycles. The van der Waals surface area contributed by atoms with Gasteiger partial charge in [-0.3, -0.25) is 0 Å². The maximum Gasteiger partial charge on any atom is 0.407 e. The van der Waals surface area contributed by atoms with Crippen LogP contribution in [-0.4, -0.2) is 41.2 Å². The fourth-order valence-corrected chi connectivity index (χ4v) is 5.16. The lowest BCUT2D eigenvalue weighted by molar-refractivity contribution is 0.0900. The second kappa shape index (κ2) is 11.8. The number of cyclic esters (lactones) is 1. The van der Waals surface area contributed by atoms with E-state index in [9.17, 15) is 19.4 Å². The topological polar surface area (TPSA) is 88.0 Å². The molecule has 0 aromatic rings. The van der Waals surface area contributed by atoms with Gasteiger partial charge in [0, 0.05) is 18.3 Å². The number of aliphatic hydroxyl groups is 2. The molecule has 0 spiro atoms. The van der Waals surface area contributed by atoms with Crippen molar-refractivity contribution in [3.8, 4) is 0 Å². The standard InChI is InChI=1S/C28H36FNO5/c1-2-3-15-34-26-17-20(19-5-4-6-22(31)16-19)9-12-23(26)27-25(35-28(33)30-27)14-13-24(32)18-7-10-21(29)11-8-18/h4,6-7,9-10,16-17,19,23-25,27,31-32H,2-3,5,8,11-15H2,1H3,(H,30,33)/t19?,23?,24-,25+,27+/m0/s1. The predicted octanol–water partition coefficient (Wildman–Crippen LogP) is 5.84. The number of halogens is 1. The highest BCUT2D eigenvalue weighted by Gasteiger charge is 2.42. The number of rotatable bonds is 10. The smallest absolute Gasteiger partial charge is 0.407 e. The molecule has 4 rings (SSSR count). The number of unbranched alkanes of at least 4 members (excludes halogenated alkanes) is 1. The molecule has 4 aliphatic rings. The van der Waals surface area contributed by atoms with E-state index < -0.39 is 18.3 Å². The quantitative estimate of drug-likeness (QED) is 0.338. The summed E-state index contributed by atoms with van der Waals surface area (Å²) in [5.74, 6) is 0.945. The van der Waals surface area contributed by atoms with E-state index in [1.165, 1.54) is 6.08 Å². The second-order valence-corrected chi connectivity index (χ2v) is 9.69. The molecule has 0 radical (unpaired) electrons. The van der Waals surface area contributed by atoms with Crippen molar-refractivity contribution in [2.75, 3.05) is 6.61 Å². The third-order valence-electron chi connectivity index (χ3n) is 7.19. The first-order chi connectivity index (χ1) is 16.9. The first kappa shape index (κ1) is 25.3. The van der Waals surface area contributed by atoms with Crippen molar-refractivity contribution in [2.24, 2.45) is 11.8 Å². The first-order valence-corrected chi connectivity index (χ1v) is 12.8. The molecule has 0 bridgehead atoms. The summed E-state index contributed by atoms with van der Waals surface area (Å²) in [5.41, 5.74) is 1.91. The SMILES string of the molecule is CCCCOC1=CC(C2C=C(O)C=CC2)=CCC1[C@H]1NC(=O)O[C@@H]1CC[C@H](O)C1=CC=C(F)CC1. The lowest BCUT2D eigenvalue weighted by Crippen LogP contribution is -2.41. The minimum Gasteiger partial charge on any atom is -0.508 e. The van der Waals surface area contributed by atoms with Crippen molar-refractivity contribution in [1.29, 1.82) is 0 Å². The summed E-state index contributed by atoms with van der Waals surface area (Å²) in [6, 6.07) is -0.270. The van der Waals surface area contributed by atoms with E-state index in [1.807, 2.05) is 12.2 Å². The van der Waals surface area contributed by atoms with Crippen molar-refractivity contribution in [2.45, 2.75) is 76.5 Å². The molecule has 2 unspecified atom stereocenters. The van der Waals surface area contributed by atoms with Crippen LogP contribution in [0.4, 0.5) is 9.18 Å². The molecule has 1 aliphatic heterocycles. The predicted molar refractivity (Wildman–Crippen MR) is 132 cm³/mol. The number of ether oxygens (including phenoxy) is 2. The van der Waals surface area contributed by atoms with Gasteiger partial charge in [0.1, 0.15) is 23.4 Å². The number of nitrogens with one attached hydrogen (secondary N) is 1. The van der Waals surface area contributed by atoms with E-state index in [-0.39, 0.29) is 29.5 Å². The van der Waals surface area contributed by atoms with Crippen LogP contribution in [0.1, 0.15) is 58.3 Å². The zero-order chi connectivity index (χ0) is 24.8. The largest absolute Gasteiger partial charge is 0.508 e. The van der Waals surface area contributed by atoms with Crippen molar-refractivity contribution in [3.63, 3.8) is 0 Å². The number of alkyl carbamates (subject to hydrolysis) is 1. The molecule has 6 nitrogen and oxygen atoms in total. The van der Waals surface area contributed by atoms with E-state index in [0.29, 0.717) is 38.7 Å². The number of hydrogen-bond donors (Lipinski definition) is 3. The maximum absolute atomic E-state index is 13.3. The number of allylic oxidation sites excluding steroid dienone is 9. The Morgan fingerprint density at radius 2 is 2.14 bits per heavy atom. The van der Waals surface area contributed by atoms with Crippen LogP contribution in [0.25, 0.3) is 0 Å². The van der Waals surface area contributed by atoms with Crippen LogP contribution in [0.5, 0.6) is 0 Å². The van der Waals surface area contributed by atoms with Crippen molar-refractivity contribution >= 4 is 6.09 Å².